The molecule has 5 heteroatoms. The van der Waals surface area contributed by atoms with Crippen LogP contribution in [0.3, 0.4) is 0 Å². The minimum atomic E-state index is -0.413. The van der Waals surface area contributed by atoms with Crippen molar-refractivity contribution in [3.05, 3.63) is 29.6 Å². The molecule has 1 aromatic carbocycles. The zero-order valence-corrected chi connectivity index (χ0v) is 9.24. The van der Waals surface area contributed by atoms with Crippen molar-refractivity contribution in [1.29, 1.82) is 0 Å². The van der Waals surface area contributed by atoms with Crippen LogP contribution in [0.5, 0.6) is 5.75 Å². The van der Waals surface area contributed by atoms with Gasteiger partial charge in [-0.15, -0.1) is 0 Å². The number of halogens is 1. The van der Waals surface area contributed by atoms with Gasteiger partial charge in [-0.2, -0.15) is 0 Å². The van der Waals surface area contributed by atoms with Gasteiger partial charge >= 0.3 is 0 Å². The van der Waals surface area contributed by atoms with Crippen LogP contribution in [-0.2, 0) is 0 Å². The zero-order chi connectivity index (χ0) is 12.0. The number of aliphatic hydroxyl groups excluding tert-OH is 1. The van der Waals surface area contributed by atoms with E-state index in [0.717, 1.165) is 5.56 Å². The summed E-state index contributed by atoms with van der Waals surface area (Å²) in [5, 5.41) is 11.7. The Balaban J connectivity index is 2.80. The predicted molar refractivity (Wildman–Crippen MR) is 59.8 cm³/mol. The van der Waals surface area contributed by atoms with Gasteiger partial charge in [0, 0.05) is 19.1 Å². The Hall–Kier alpha value is -1.17. The minimum Gasteiger partial charge on any atom is -0.494 e. The summed E-state index contributed by atoms with van der Waals surface area (Å²) in [7, 11) is 1.42. The van der Waals surface area contributed by atoms with E-state index in [9.17, 15) is 4.39 Å². The van der Waals surface area contributed by atoms with Crippen LogP contribution < -0.4 is 15.8 Å². The molecule has 16 heavy (non-hydrogen) atoms. The van der Waals surface area contributed by atoms with E-state index in [1.165, 1.54) is 13.2 Å². The first kappa shape index (κ1) is 12.9. The number of benzene rings is 1. The summed E-state index contributed by atoms with van der Waals surface area (Å²) in [6.45, 7) is 0.788. The van der Waals surface area contributed by atoms with Crippen molar-refractivity contribution in [2.24, 2.45) is 5.73 Å². The molecule has 4 N–H and O–H groups in total. The van der Waals surface area contributed by atoms with E-state index in [0.29, 0.717) is 13.1 Å². The number of rotatable bonds is 6. The molecule has 1 rings (SSSR count). The largest absolute Gasteiger partial charge is 0.494 e. The Labute approximate surface area is 94.2 Å². The highest BCUT2D eigenvalue weighted by Gasteiger charge is 2.11. The van der Waals surface area contributed by atoms with E-state index in [2.05, 4.69) is 5.32 Å². The predicted octanol–water partition coefficient (Wildman–Crippen LogP) is 0.416. The van der Waals surface area contributed by atoms with Gasteiger partial charge in [0.1, 0.15) is 0 Å². The van der Waals surface area contributed by atoms with Crippen LogP contribution in [0.1, 0.15) is 11.6 Å². The molecule has 0 aromatic heterocycles. The Bertz CT molecular complexity index is 334. The van der Waals surface area contributed by atoms with E-state index < -0.39 is 5.82 Å². The number of nitrogens with two attached hydrogens (primary N) is 1. The second-order valence-corrected chi connectivity index (χ2v) is 3.36. The molecular weight excluding hydrogens is 211 g/mol. The molecule has 0 spiro atoms. The Morgan fingerprint density at radius 2 is 2.31 bits per heavy atom. The highest BCUT2D eigenvalue weighted by atomic mass is 19.1. The molecule has 0 bridgehead atoms. The van der Waals surface area contributed by atoms with Crippen molar-refractivity contribution < 1.29 is 14.2 Å². The molecule has 90 valence electrons. The van der Waals surface area contributed by atoms with E-state index in [1.54, 1.807) is 12.1 Å². The van der Waals surface area contributed by atoms with Crippen molar-refractivity contribution in [3.8, 4) is 5.75 Å². The number of hydrogen-bond donors (Lipinski definition) is 3. The average molecular weight is 228 g/mol. The molecule has 0 heterocycles. The molecule has 1 atom stereocenters. The summed E-state index contributed by atoms with van der Waals surface area (Å²) >= 11 is 0. The first-order valence-corrected chi connectivity index (χ1v) is 5.10. The molecule has 0 aliphatic rings. The van der Waals surface area contributed by atoms with Crippen LogP contribution in [0, 0.1) is 5.82 Å². The van der Waals surface area contributed by atoms with Gasteiger partial charge in [0.15, 0.2) is 11.6 Å². The SMILES string of the molecule is COc1ccc(C(CN)NCCO)cc1F. The fraction of sp³-hybridized carbons (Fsp3) is 0.455. The van der Waals surface area contributed by atoms with E-state index in [4.69, 9.17) is 15.6 Å². The van der Waals surface area contributed by atoms with Gasteiger partial charge < -0.3 is 20.9 Å². The van der Waals surface area contributed by atoms with Gasteiger partial charge in [-0.25, -0.2) is 4.39 Å². The third-order valence-electron chi connectivity index (χ3n) is 2.32. The molecule has 0 aliphatic heterocycles. The number of nitrogens with one attached hydrogen (secondary N) is 1. The van der Waals surface area contributed by atoms with Gasteiger partial charge in [0.05, 0.1) is 13.7 Å². The van der Waals surface area contributed by atoms with Crippen LogP contribution in [-0.4, -0.2) is 31.9 Å². The van der Waals surface area contributed by atoms with Crippen LogP contribution in [0.25, 0.3) is 0 Å². The van der Waals surface area contributed by atoms with Gasteiger partial charge in [-0.1, -0.05) is 6.07 Å². The number of ether oxygens (including phenoxy) is 1. The highest BCUT2D eigenvalue weighted by molar-refractivity contribution is 5.31. The summed E-state index contributed by atoms with van der Waals surface area (Å²) in [6, 6.07) is 4.55. The van der Waals surface area contributed by atoms with Gasteiger partial charge in [-0.05, 0) is 17.7 Å². The Kier molecular flexibility index (Phi) is 5.18. The second-order valence-electron chi connectivity index (χ2n) is 3.36. The van der Waals surface area contributed by atoms with Crippen LogP contribution in [0.4, 0.5) is 4.39 Å². The van der Waals surface area contributed by atoms with Crippen molar-refractivity contribution in [3.63, 3.8) is 0 Å². The third kappa shape index (κ3) is 3.16. The van der Waals surface area contributed by atoms with E-state index >= 15 is 0 Å². The molecule has 0 fully saturated rings. The molecule has 0 saturated carbocycles. The smallest absolute Gasteiger partial charge is 0.165 e. The lowest BCUT2D eigenvalue weighted by molar-refractivity contribution is 0.285. The first-order valence-electron chi connectivity index (χ1n) is 5.10. The van der Waals surface area contributed by atoms with Crippen LogP contribution in [0.2, 0.25) is 0 Å². The topological polar surface area (TPSA) is 67.5 Å². The standard InChI is InChI=1S/C11H17FN2O2/c1-16-11-3-2-8(6-9(11)12)10(7-13)14-4-5-15/h2-3,6,10,14-15H,4-5,7,13H2,1H3. The molecule has 0 aliphatic carbocycles. The van der Waals surface area contributed by atoms with Crippen molar-refractivity contribution in [2.75, 3.05) is 26.8 Å². The van der Waals surface area contributed by atoms with Gasteiger partial charge in [0.25, 0.3) is 0 Å². The molecule has 1 unspecified atom stereocenters. The highest BCUT2D eigenvalue weighted by Crippen LogP contribution is 2.21. The summed E-state index contributed by atoms with van der Waals surface area (Å²) in [6.07, 6.45) is 0. The maximum Gasteiger partial charge on any atom is 0.165 e. The average Bonchev–Trinajstić information content (AvgIpc) is 2.30. The fourth-order valence-corrected chi connectivity index (χ4v) is 1.48. The van der Waals surface area contributed by atoms with Crippen LogP contribution in [0.15, 0.2) is 18.2 Å². The monoisotopic (exact) mass is 228 g/mol. The van der Waals surface area contributed by atoms with Gasteiger partial charge in [-0.3, -0.25) is 0 Å². The number of aliphatic hydroxyl groups is 1. The van der Waals surface area contributed by atoms with Crippen molar-refractivity contribution >= 4 is 0 Å². The molecule has 1 aromatic rings. The molecule has 0 radical (unpaired) electrons. The maximum absolute atomic E-state index is 13.4. The number of methoxy groups -OCH3 is 1. The van der Waals surface area contributed by atoms with E-state index in [-0.39, 0.29) is 18.4 Å². The maximum atomic E-state index is 13.4. The third-order valence-corrected chi connectivity index (χ3v) is 2.32. The Morgan fingerprint density at radius 1 is 1.56 bits per heavy atom. The lowest BCUT2D eigenvalue weighted by Crippen LogP contribution is -2.30. The molecule has 0 amide bonds. The molecule has 0 saturated heterocycles. The summed E-state index contributed by atoms with van der Waals surface area (Å²) in [4.78, 5) is 0. The van der Waals surface area contributed by atoms with E-state index in [1.807, 2.05) is 0 Å². The number of hydrogen-bond acceptors (Lipinski definition) is 4. The zero-order valence-electron chi connectivity index (χ0n) is 9.24. The normalized spacial score (nSPS) is 12.5. The molecule has 4 nitrogen and oxygen atoms in total. The summed E-state index contributed by atoms with van der Waals surface area (Å²) in [5.74, 6) is -0.203. The lowest BCUT2D eigenvalue weighted by atomic mass is 10.1. The first-order chi connectivity index (χ1) is 7.72. The fourth-order valence-electron chi connectivity index (χ4n) is 1.48. The second kappa shape index (κ2) is 6.42. The van der Waals surface area contributed by atoms with Crippen LogP contribution >= 0.6 is 0 Å². The minimum absolute atomic E-state index is 0.0230. The van der Waals surface area contributed by atoms with Crippen molar-refractivity contribution in [2.45, 2.75) is 6.04 Å². The van der Waals surface area contributed by atoms with Crippen molar-refractivity contribution in [1.82, 2.24) is 5.32 Å². The summed E-state index contributed by atoms with van der Waals surface area (Å²) < 4.78 is 18.3. The lowest BCUT2D eigenvalue weighted by Gasteiger charge is -2.17. The quantitative estimate of drug-likeness (QED) is 0.660. The molecular formula is C11H17FN2O2. The van der Waals surface area contributed by atoms with Gasteiger partial charge in [0.2, 0.25) is 0 Å². The Morgan fingerprint density at radius 3 is 2.81 bits per heavy atom. The summed E-state index contributed by atoms with van der Waals surface area (Å²) in [5.41, 5.74) is 6.31.